The van der Waals surface area contributed by atoms with Gasteiger partial charge in [0.1, 0.15) is 10.1 Å². The molecule has 1 amide bonds. The van der Waals surface area contributed by atoms with Crippen LogP contribution in [0.4, 0.5) is 0 Å². The van der Waals surface area contributed by atoms with E-state index in [0.717, 1.165) is 28.9 Å². The van der Waals surface area contributed by atoms with Gasteiger partial charge in [-0.3, -0.25) is 9.69 Å². The van der Waals surface area contributed by atoms with Gasteiger partial charge >= 0.3 is 0 Å². The number of amides is 1. The van der Waals surface area contributed by atoms with Crippen LogP contribution in [-0.4, -0.2) is 42.0 Å². The fourth-order valence-electron chi connectivity index (χ4n) is 3.14. The van der Waals surface area contributed by atoms with Crippen molar-refractivity contribution in [3.63, 3.8) is 0 Å². The highest BCUT2D eigenvalue weighted by molar-refractivity contribution is 8.26. The van der Waals surface area contributed by atoms with Crippen LogP contribution < -0.4 is 14.2 Å². The lowest BCUT2D eigenvalue weighted by Crippen LogP contribution is -2.22. The van der Waals surface area contributed by atoms with Gasteiger partial charge in [-0.15, -0.1) is 0 Å². The number of carbonyl (C=O) groups excluding carboxylic acids is 1. The summed E-state index contributed by atoms with van der Waals surface area (Å²) in [7, 11) is 1.69. The van der Waals surface area contributed by atoms with Gasteiger partial charge in [-0.05, 0) is 55.7 Å². The number of hydrogen-bond donors (Lipinski definition) is 0. The molecule has 164 valence electrons. The van der Waals surface area contributed by atoms with Gasteiger partial charge < -0.3 is 14.2 Å². The lowest BCUT2D eigenvalue weighted by molar-refractivity contribution is -0.121. The molecule has 0 N–H and O–H groups in total. The zero-order valence-corrected chi connectivity index (χ0v) is 19.9. The fraction of sp³-hybridized carbons (Fsp3) is 0.333. The van der Waals surface area contributed by atoms with Gasteiger partial charge in [0.15, 0.2) is 11.5 Å². The van der Waals surface area contributed by atoms with Crippen LogP contribution in [0.1, 0.15) is 30.0 Å². The van der Waals surface area contributed by atoms with Crippen molar-refractivity contribution in [2.75, 3.05) is 26.9 Å². The van der Waals surface area contributed by atoms with Gasteiger partial charge in [0.05, 0.1) is 24.7 Å². The van der Waals surface area contributed by atoms with Crippen molar-refractivity contribution in [2.24, 2.45) is 0 Å². The van der Waals surface area contributed by atoms with Crippen molar-refractivity contribution in [1.82, 2.24) is 4.90 Å². The van der Waals surface area contributed by atoms with E-state index in [-0.39, 0.29) is 5.91 Å². The van der Waals surface area contributed by atoms with Crippen molar-refractivity contribution in [1.29, 1.82) is 0 Å². The van der Waals surface area contributed by atoms with Gasteiger partial charge in [0, 0.05) is 13.5 Å². The van der Waals surface area contributed by atoms with Crippen LogP contribution in [-0.2, 0) is 4.79 Å². The minimum atomic E-state index is -0.0859. The Balaban J connectivity index is 1.60. The molecular formula is C24H27NO4S2. The number of aryl methyl sites for hydroxylation is 2. The zero-order chi connectivity index (χ0) is 22.4. The Labute approximate surface area is 193 Å². The molecule has 0 saturated carbocycles. The van der Waals surface area contributed by atoms with E-state index in [9.17, 15) is 4.79 Å². The van der Waals surface area contributed by atoms with E-state index in [1.54, 1.807) is 7.05 Å². The highest BCUT2D eigenvalue weighted by Crippen LogP contribution is 2.34. The van der Waals surface area contributed by atoms with Crippen molar-refractivity contribution in [2.45, 2.75) is 27.2 Å². The van der Waals surface area contributed by atoms with E-state index >= 15 is 0 Å². The van der Waals surface area contributed by atoms with E-state index < -0.39 is 0 Å². The lowest BCUT2D eigenvalue weighted by Gasteiger charge is -2.14. The maximum atomic E-state index is 12.2. The molecule has 0 aromatic heterocycles. The summed E-state index contributed by atoms with van der Waals surface area (Å²) in [5.41, 5.74) is 3.13. The maximum absolute atomic E-state index is 12.2. The average molecular weight is 458 g/mol. The van der Waals surface area contributed by atoms with Crippen LogP contribution in [0.5, 0.6) is 17.2 Å². The highest BCUT2D eigenvalue weighted by atomic mass is 32.2. The SMILES string of the molecule is CCOc1cc(/C=C2/SC(=S)N(C)C2=O)ccc1OCCCOc1c(C)cccc1C. The molecule has 1 aliphatic rings. The van der Waals surface area contributed by atoms with Crippen LogP contribution in [0.3, 0.4) is 0 Å². The predicted molar refractivity (Wildman–Crippen MR) is 130 cm³/mol. The Morgan fingerprint density at radius 3 is 2.39 bits per heavy atom. The van der Waals surface area contributed by atoms with Crippen LogP contribution in [0.15, 0.2) is 41.3 Å². The number of likely N-dealkylation sites (N-methyl/N-ethyl adjacent to an activating group) is 1. The fourth-order valence-corrected chi connectivity index (χ4v) is 4.32. The van der Waals surface area contributed by atoms with Crippen molar-refractivity contribution in [3.05, 3.63) is 58.0 Å². The minimum Gasteiger partial charge on any atom is -0.493 e. The number of carbonyl (C=O) groups is 1. The Morgan fingerprint density at radius 1 is 1.03 bits per heavy atom. The third-order valence-corrected chi connectivity index (χ3v) is 6.24. The van der Waals surface area contributed by atoms with E-state index in [4.69, 9.17) is 26.4 Å². The minimum absolute atomic E-state index is 0.0859. The first-order chi connectivity index (χ1) is 14.9. The van der Waals surface area contributed by atoms with E-state index in [0.29, 0.717) is 40.5 Å². The zero-order valence-electron chi connectivity index (χ0n) is 18.3. The van der Waals surface area contributed by atoms with Gasteiger partial charge in [-0.1, -0.05) is 48.2 Å². The molecule has 2 aromatic rings. The molecule has 0 radical (unpaired) electrons. The van der Waals surface area contributed by atoms with Crippen molar-refractivity contribution in [3.8, 4) is 17.2 Å². The second kappa shape index (κ2) is 10.7. The summed E-state index contributed by atoms with van der Waals surface area (Å²) in [6.07, 6.45) is 2.58. The first kappa shape index (κ1) is 23.2. The summed E-state index contributed by atoms with van der Waals surface area (Å²) in [5, 5.41) is 0. The smallest absolute Gasteiger partial charge is 0.265 e. The maximum Gasteiger partial charge on any atom is 0.265 e. The number of rotatable bonds is 9. The van der Waals surface area contributed by atoms with Gasteiger partial charge in [-0.25, -0.2) is 0 Å². The van der Waals surface area contributed by atoms with E-state index in [1.807, 2.05) is 63.2 Å². The molecule has 5 nitrogen and oxygen atoms in total. The van der Waals surface area contributed by atoms with Crippen LogP contribution in [0, 0.1) is 13.8 Å². The van der Waals surface area contributed by atoms with Gasteiger partial charge in [0.2, 0.25) is 0 Å². The molecule has 1 saturated heterocycles. The number of thiocarbonyl (C=S) groups is 1. The number of ether oxygens (including phenoxy) is 3. The Bertz CT molecular complexity index is 983. The Hall–Kier alpha value is -2.51. The van der Waals surface area contributed by atoms with E-state index in [2.05, 4.69) is 0 Å². The third-order valence-electron chi connectivity index (χ3n) is 4.75. The van der Waals surface area contributed by atoms with E-state index in [1.165, 1.54) is 16.7 Å². The number of benzene rings is 2. The molecule has 0 atom stereocenters. The third kappa shape index (κ3) is 5.80. The molecule has 3 rings (SSSR count). The number of thioether (sulfide) groups is 1. The Kier molecular flexibility index (Phi) is 7.98. The molecule has 0 unspecified atom stereocenters. The summed E-state index contributed by atoms with van der Waals surface area (Å²) in [6.45, 7) is 7.63. The molecule has 2 aromatic carbocycles. The summed E-state index contributed by atoms with van der Waals surface area (Å²) in [6, 6.07) is 11.8. The van der Waals surface area contributed by atoms with Crippen LogP contribution in [0.25, 0.3) is 6.08 Å². The predicted octanol–water partition coefficient (Wildman–Crippen LogP) is 5.38. The number of hydrogen-bond acceptors (Lipinski definition) is 6. The lowest BCUT2D eigenvalue weighted by atomic mass is 10.1. The quantitative estimate of drug-likeness (QED) is 0.286. The van der Waals surface area contributed by atoms with Gasteiger partial charge in [-0.2, -0.15) is 0 Å². The molecule has 1 fully saturated rings. The summed E-state index contributed by atoms with van der Waals surface area (Å²) < 4.78 is 18.2. The summed E-state index contributed by atoms with van der Waals surface area (Å²) in [5.74, 6) is 2.18. The van der Waals surface area contributed by atoms with Crippen LogP contribution in [0.2, 0.25) is 0 Å². The number of nitrogens with zero attached hydrogens (tertiary/aromatic N) is 1. The summed E-state index contributed by atoms with van der Waals surface area (Å²) in [4.78, 5) is 14.3. The standard InChI is InChI=1S/C24H27NO4S2/c1-5-27-20-14-18(15-21-23(26)25(4)24(30)31-21)10-11-19(20)28-12-7-13-29-22-16(2)8-6-9-17(22)3/h6,8-11,14-15H,5,7,12-13H2,1-4H3/b21-15+. The molecule has 1 aliphatic heterocycles. The monoisotopic (exact) mass is 457 g/mol. The van der Waals surface area contributed by atoms with Crippen molar-refractivity contribution < 1.29 is 19.0 Å². The molecule has 7 heteroatoms. The molecule has 0 spiro atoms. The molecule has 1 heterocycles. The normalized spacial score (nSPS) is 15.0. The molecular weight excluding hydrogens is 430 g/mol. The van der Waals surface area contributed by atoms with Crippen molar-refractivity contribution >= 4 is 40.3 Å². The highest BCUT2D eigenvalue weighted by Gasteiger charge is 2.28. The molecule has 0 bridgehead atoms. The first-order valence-electron chi connectivity index (χ1n) is 10.2. The second-order valence-electron chi connectivity index (χ2n) is 7.15. The average Bonchev–Trinajstić information content (AvgIpc) is 2.98. The first-order valence-corrected chi connectivity index (χ1v) is 11.4. The topological polar surface area (TPSA) is 48.0 Å². The van der Waals surface area contributed by atoms with Crippen LogP contribution >= 0.6 is 24.0 Å². The molecule has 31 heavy (non-hydrogen) atoms. The van der Waals surface area contributed by atoms with Gasteiger partial charge in [0.25, 0.3) is 5.91 Å². The second-order valence-corrected chi connectivity index (χ2v) is 8.83. The Morgan fingerprint density at radius 2 is 1.74 bits per heavy atom. The summed E-state index contributed by atoms with van der Waals surface area (Å²) >= 11 is 6.49. The molecule has 0 aliphatic carbocycles. The largest absolute Gasteiger partial charge is 0.493 e. The number of para-hydroxylation sites is 1.